The molecule has 3 rings (SSSR count). The minimum atomic E-state index is -0.299. The molecule has 0 amide bonds. The van der Waals surface area contributed by atoms with Gasteiger partial charge in [0.05, 0.1) is 11.6 Å². The van der Waals surface area contributed by atoms with E-state index < -0.39 is 0 Å². The summed E-state index contributed by atoms with van der Waals surface area (Å²) in [5, 5.41) is 17.5. The standard InChI is InChI=1S/C13H12N6S/c1-20-13-17-12-16-10(8-5-3-2-4-6-8)9(7-14)11(15)19(12)18-13/h2-6,10H,15H2,1H3,(H,16,17,18)/t10-/m0/s1. The van der Waals surface area contributed by atoms with Gasteiger partial charge in [0.15, 0.2) is 0 Å². The van der Waals surface area contributed by atoms with Crippen molar-refractivity contribution in [2.75, 3.05) is 11.6 Å². The molecule has 0 saturated heterocycles. The van der Waals surface area contributed by atoms with Crippen molar-refractivity contribution in [1.82, 2.24) is 14.8 Å². The molecule has 1 aromatic heterocycles. The quantitative estimate of drug-likeness (QED) is 0.817. The highest BCUT2D eigenvalue weighted by Crippen LogP contribution is 2.33. The Labute approximate surface area is 120 Å². The first-order valence-electron chi connectivity index (χ1n) is 5.97. The maximum absolute atomic E-state index is 9.39. The Balaban J connectivity index is 2.12. The van der Waals surface area contributed by atoms with E-state index in [2.05, 4.69) is 21.5 Å². The largest absolute Gasteiger partial charge is 0.383 e. The molecule has 7 heteroatoms. The fourth-order valence-electron chi connectivity index (χ4n) is 2.12. The highest BCUT2D eigenvalue weighted by molar-refractivity contribution is 7.98. The number of hydrogen-bond donors (Lipinski definition) is 2. The Morgan fingerprint density at radius 2 is 2.15 bits per heavy atom. The predicted octanol–water partition coefficient (Wildman–Crippen LogP) is 1.82. The first-order valence-corrected chi connectivity index (χ1v) is 7.19. The molecule has 3 N–H and O–H groups in total. The van der Waals surface area contributed by atoms with Crippen LogP contribution in [0, 0.1) is 11.3 Å². The lowest BCUT2D eigenvalue weighted by Gasteiger charge is -2.25. The highest BCUT2D eigenvalue weighted by Gasteiger charge is 2.29. The van der Waals surface area contributed by atoms with Crippen LogP contribution >= 0.6 is 11.8 Å². The zero-order valence-electron chi connectivity index (χ0n) is 10.7. The Hall–Kier alpha value is -2.46. The summed E-state index contributed by atoms with van der Waals surface area (Å²) < 4.78 is 1.48. The van der Waals surface area contributed by atoms with Crippen LogP contribution in [0.5, 0.6) is 0 Å². The van der Waals surface area contributed by atoms with Crippen LogP contribution in [-0.4, -0.2) is 21.0 Å². The summed E-state index contributed by atoms with van der Waals surface area (Å²) in [6.45, 7) is 0. The minimum Gasteiger partial charge on any atom is -0.383 e. The van der Waals surface area contributed by atoms with Gasteiger partial charge in [0.25, 0.3) is 0 Å². The molecule has 2 heterocycles. The summed E-state index contributed by atoms with van der Waals surface area (Å²) in [6, 6.07) is 11.5. The van der Waals surface area contributed by atoms with E-state index in [1.807, 2.05) is 36.6 Å². The number of nitriles is 1. The van der Waals surface area contributed by atoms with E-state index in [0.29, 0.717) is 22.5 Å². The fraction of sp³-hybridized carbons (Fsp3) is 0.154. The molecule has 6 nitrogen and oxygen atoms in total. The molecule has 0 fully saturated rings. The molecule has 0 radical (unpaired) electrons. The van der Waals surface area contributed by atoms with E-state index in [-0.39, 0.29) is 6.04 Å². The SMILES string of the molecule is CSc1nc2n(n1)C(N)=C(C#N)[C@H](c1ccccc1)N2. The van der Waals surface area contributed by atoms with Crippen molar-refractivity contribution in [3.8, 4) is 6.07 Å². The van der Waals surface area contributed by atoms with Crippen molar-refractivity contribution in [1.29, 1.82) is 5.26 Å². The van der Waals surface area contributed by atoms with Crippen LogP contribution in [0.25, 0.3) is 5.82 Å². The van der Waals surface area contributed by atoms with Crippen molar-refractivity contribution in [2.45, 2.75) is 11.2 Å². The molecule has 0 spiro atoms. The van der Waals surface area contributed by atoms with E-state index in [1.54, 1.807) is 0 Å². The van der Waals surface area contributed by atoms with Gasteiger partial charge in [-0.3, -0.25) is 0 Å². The normalized spacial score (nSPS) is 17.3. The van der Waals surface area contributed by atoms with E-state index in [1.165, 1.54) is 16.4 Å². The van der Waals surface area contributed by atoms with E-state index in [0.717, 1.165) is 5.56 Å². The van der Waals surface area contributed by atoms with Crippen molar-refractivity contribution in [3.63, 3.8) is 0 Å². The second-order valence-electron chi connectivity index (χ2n) is 4.23. The number of nitrogens with two attached hydrogens (primary N) is 1. The molecule has 1 aromatic carbocycles. The number of benzene rings is 1. The van der Waals surface area contributed by atoms with Crippen LogP contribution in [-0.2, 0) is 0 Å². The zero-order chi connectivity index (χ0) is 14.1. The molecule has 1 aliphatic heterocycles. The average molecular weight is 284 g/mol. The van der Waals surface area contributed by atoms with E-state index in [4.69, 9.17) is 5.73 Å². The highest BCUT2D eigenvalue weighted by atomic mass is 32.2. The topological polar surface area (TPSA) is 92.6 Å². The lowest BCUT2D eigenvalue weighted by molar-refractivity contribution is 0.781. The Kier molecular flexibility index (Phi) is 3.08. The van der Waals surface area contributed by atoms with Crippen LogP contribution in [0.3, 0.4) is 0 Å². The number of nitrogens with one attached hydrogen (secondary N) is 1. The van der Waals surface area contributed by atoms with Gasteiger partial charge in [0.2, 0.25) is 11.1 Å². The summed E-state index contributed by atoms with van der Waals surface area (Å²) in [6.07, 6.45) is 1.89. The number of aromatic nitrogens is 3. The molecule has 0 bridgehead atoms. The van der Waals surface area contributed by atoms with Gasteiger partial charge >= 0.3 is 0 Å². The number of hydrogen-bond acceptors (Lipinski definition) is 6. The zero-order valence-corrected chi connectivity index (χ0v) is 11.6. The van der Waals surface area contributed by atoms with Gasteiger partial charge in [-0.2, -0.15) is 14.9 Å². The van der Waals surface area contributed by atoms with Gasteiger partial charge in [0.1, 0.15) is 11.9 Å². The van der Waals surface area contributed by atoms with Gasteiger partial charge in [-0.15, -0.1) is 5.10 Å². The van der Waals surface area contributed by atoms with Crippen LogP contribution in [0.15, 0.2) is 41.1 Å². The third-order valence-corrected chi connectivity index (χ3v) is 3.63. The monoisotopic (exact) mass is 284 g/mol. The van der Waals surface area contributed by atoms with E-state index >= 15 is 0 Å². The predicted molar refractivity (Wildman–Crippen MR) is 77.6 cm³/mol. The fourth-order valence-corrected chi connectivity index (χ4v) is 2.46. The molecular weight excluding hydrogens is 272 g/mol. The molecule has 100 valence electrons. The van der Waals surface area contributed by atoms with Crippen molar-refractivity contribution in [2.24, 2.45) is 5.73 Å². The maximum atomic E-state index is 9.39. The van der Waals surface area contributed by atoms with Gasteiger partial charge < -0.3 is 11.1 Å². The number of nitrogens with zero attached hydrogens (tertiary/aromatic N) is 4. The molecular formula is C13H12N6S. The second kappa shape index (κ2) is 4.90. The Morgan fingerprint density at radius 1 is 1.40 bits per heavy atom. The number of fused-ring (bicyclic) bond motifs is 1. The molecule has 0 unspecified atom stereocenters. The van der Waals surface area contributed by atoms with Crippen LogP contribution in [0.1, 0.15) is 11.6 Å². The summed E-state index contributed by atoms with van der Waals surface area (Å²) in [5.41, 5.74) is 7.48. The molecule has 2 aromatic rings. The third kappa shape index (κ3) is 1.90. The third-order valence-electron chi connectivity index (χ3n) is 3.09. The number of anilines is 1. The Morgan fingerprint density at radius 3 is 2.80 bits per heavy atom. The lowest BCUT2D eigenvalue weighted by atomic mass is 9.98. The smallest absolute Gasteiger partial charge is 0.229 e. The second-order valence-corrected chi connectivity index (χ2v) is 5.01. The first kappa shape index (κ1) is 12.6. The summed E-state index contributed by atoms with van der Waals surface area (Å²) in [5.74, 6) is 0.877. The number of rotatable bonds is 2. The van der Waals surface area contributed by atoms with Gasteiger partial charge in [0, 0.05) is 0 Å². The summed E-state index contributed by atoms with van der Waals surface area (Å²) in [7, 11) is 0. The van der Waals surface area contributed by atoms with Crippen LogP contribution < -0.4 is 11.1 Å². The van der Waals surface area contributed by atoms with Crippen molar-refractivity contribution in [3.05, 3.63) is 41.5 Å². The van der Waals surface area contributed by atoms with Gasteiger partial charge in [-0.25, -0.2) is 0 Å². The molecule has 1 atom stereocenters. The van der Waals surface area contributed by atoms with Crippen LogP contribution in [0.4, 0.5) is 5.95 Å². The van der Waals surface area contributed by atoms with Gasteiger partial charge in [-0.1, -0.05) is 42.1 Å². The minimum absolute atomic E-state index is 0.299. The van der Waals surface area contributed by atoms with Crippen molar-refractivity contribution < 1.29 is 0 Å². The molecule has 1 aliphatic rings. The summed E-state index contributed by atoms with van der Waals surface area (Å²) in [4.78, 5) is 4.34. The molecule has 0 saturated carbocycles. The first-order chi connectivity index (χ1) is 9.74. The molecule has 0 aliphatic carbocycles. The maximum Gasteiger partial charge on any atom is 0.229 e. The van der Waals surface area contributed by atoms with Crippen LogP contribution in [0.2, 0.25) is 0 Å². The van der Waals surface area contributed by atoms with E-state index in [9.17, 15) is 5.26 Å². The van der Waals surface area contributed by atoms with Crippen molar-refractivity contribution >= 4 is 23.5 Å². The number of thioether (sulfide) groups is 1. The lowest BCUT2D eigenvalue weighted by Crippen LogP contribution is -2.27. The molecule has 20 heavy (non-hydrogen) atoms. The average Bonchev–Trinajstić information content (AvgIpc) is 2.91. The summed E-state index contributed by atoms with van der Waals surface area (Å²) >= 11 is 1.43. The van der Waals surface area contributed by atoms with Gasteiger partial charge in [-0.05, 0) is 11.8 Å². The Bertz CT molecular complexity index is 712.